The van der Waals surface area contributed by atoms with Crippen LogP contribution >= 0.6 is 11.3 Å². The van der Waals surface area contributed by atoms with E-state index in [4.69, 9.17) is 0 Å². The minimum absolute atomic E-state index is 0.544. The van der Waals surface area contributed by atoms with E-state index < -0.39 is 0 Å². The largest absolute Gasteiger partial charge is 0.356 e. The molecule has 1 fully saturated rings. The molecule has 0 radical (unpaired) electrons. The van der Waals surface area contributed by atoms with E-state index in [1.165, 1.54) is 22.7 Å². The molecule has 0 spiro atoms. The molecule has 19 heavy (non-hydrogen) atoms. The van der Waals surface area contributed by atoms with Crippen molar-refractivity contribution in [3.05, 3.63) is 34.2 Å². The van der Waals surface area contributed by atoms with Crippen LogP contribution in [0.15, 0.2) is 18.6 Å². The van der Waals surface area contributed by atoms with Gasteiger partial charge in [0.25, 0.3) is 0 Å². The second-order valence-corrected chi connectivity index (χ2v) is 6.38. The quantitative estimate of drug-likeness (QED) is 0.844. The number of hydrogen-bond donors (Lipinski definition) is 0. The Morgan fingerprint density at radius 1 is 1.26 bits per heavy atom. The SMILES string of the molecule is Cc1cc(N2CCCC(c3ncc(C)s3)C2)ncn1. The van der Waals surface area contributed by atoms with Crippen molar-refractivity contribution in [3.8, 4) is 0 Å². The smallest absolute Gasteiger partial charge is 0.132 e. The Morgan fingerprint density at radius 2 is 2.16 bits per heavy atom. The molecule has 1 saturated heterocycles. The molecule has 2 aromatic heterocycles. The summed E-state index contributed by atoms with van der Waals surface area (Å²) in [7, 11) is 0. The molecule has 5 heteroatoms. The van der Waals surface area contributed by atoms with Crippen molar-refractivity contribution < 1.29 is 0 Å². The maximum absolute atomic E-state index is 4.54. The molecule has 3 heterocycles. The Bertz CT molecular complexity index is 566. The normalized spacial score (nSPS) is 19.7. The zero-order chi connectivity index (χ0) is 13.2. The molecule has 3 rings (SSSR count). The van der Waals surface area contributed by atoms with Crippen LogP contribution in [0.2, 0.25) is 0 Å². The first kappa shape index (κ1) is 12.5. The highest BCUT2D eigenvalue weighted by Gasteiger charge is 2.24. The number of aromatic nitrogens is 3. The van der Waals surface area contributed by atoms with Crippen LogP contribution in [-0.2, 0) is 0 Å². The maximum Gasteiger partial charge on any atom is 0.132 e. The average Bonchev–Trinajstić information content (AvgIpc) is 2.86. The fourth-order valence-electron chi connectivity index (χ4n) is 2.56. The van der Waals surface area contributed by atoms with E-state index in [2.05, 4.69) is 32.8 Å². The lowest BCUT2D eigenvalue weighted by atomic mass is 9.99. The molecular weight excluding hydrogens is 256 g/mol. The molecule has 2 aromatic rings. The maximum atomic E-state index is 4.54. The molecule has 1 unspecified atom stereocenters. The lowest BCUT2D eigenvalue weighted by Gasteiger charge is -2.32. The Hall–Kier alpha value is -1.49. The van der Waals surface area contributed by atoms with Gasteiger partial charge in [0.05, 0.1) is 5.01 Å². The van der Waals surface area contributed by atoms with Gasteiger partial charge in [0.1, 0.15) is 12.1 Å². The van der Waals surface area contributed by atoms with Crippen molar-refractivity contribution in [1.82, 2.24) is 15.0 Å². The number of rotatable bonds is 2. The Morgan fingerprint density at radius 3 is 2.89 bits per heavy atom. The topological polar surface area (TPSA) is 41.9 Å². The summed E-state index contributed by atoms with van der Waals surface area (Å²) in [6.07, 6.45) is 6.06. The van der Waals surface area contributed by atoms with Gasteiger partial charge in [-0.2, -0.15) is 0 Å². The van der Waals surface area contributed by atoms with E-state index in [-0.39, 0.29) is 0 Å². The van der Waals surface area contributed by atoms with Gasteiger partial charge in [-0.15, -0.1) is 11.3 Å². The van der Waals surface area contributed by atoms with Crippen LogP contribution in [0.3, 0.4) is 0 Å². The predicted molar refractivity (Wildman–Crippen MR) is 77.8 cm³/mol. The molecule has 1 aliphatic rings. The average molecular weight is 274 g/mol. The molecule has 0 aromatic carbocycles. The fourth-order valence-corrected chi connectivity index (χ4v) is 3.46. The first-order valence-corrected chi connectivity index (χ1v) is 7.50. The highest BCUT2D eigenvalue weighted by Crippen LogP contribution is 2.31. The summed E-state index contributed by atoms with van der Waals surface area (Å²) < 4.78 is 0. The predicted octanol–water partition coefficient (Wildman–Crippen LogP) is 2.93. The summed E-state index contributed by atoms with van der Waals surface area (Å²) in [4.78, 5) is 16.8. The Balaban J connectivity index is 1.78. The van der Waals surface area contributed by atoms with Crippen LogP contribution < -0.4 is 4.90 Å². The van der Waals surface area contributed by atoms with Crippen LogP contribution in [0.1, 0.15) is 34.3 Å². The minimum atomic E-state index is 0.544. The van der Waals surface area contributed by atoms with Crippen molar-refractivity contribution in [2.75, 3.05) is 18.0 Å². The Labute approximate surface area is 117 Å². The molecule has 0 amide bonds. The lowest BCUT2D eigenvalue weighted by molar-refractivity contribution is 0.505. The van der Waals surface area contributed by atoms with Crippen molar-refractivity contribution in [3.63, 3.8) is 0 Å². The molecule has 0 N–H and O–H groups in total. The minimum Gasteiger partial charge on any atom is -0.356 e. The molecule has 0 saturated carbocycles. The van der Waals surface area contributed by atoms with Crippen LogP contribution in [-0.4, -0.2) is 28.0 Å². The highest BCUT2D eigenvalue weighted by atomic mass is 32.1. The summed E-state index contributed by atoms with van der Waals surface area (Å²) in [5.74, 6) is 1.59. The second kappa shape index (κ2) is 5.25. The van der Waals surface area contributed by atoms with Gasteiger partial charge in [0, 0.05) is 41.8 Å². The Kier molecular flexibility index (Phi) is 3.46. The van der Waals surface area contributed by atoms with E-state index >= 15 is 0 Å². The first-order chi connectivity index (χ1) is 9.22. The van der Waals surface area contributed by atoms with E-state index in [0.717, 1.165) is 24.6 Å². The van der Waals surface area contributed by atoms with E-state index in [1.807, 2.05) is 24.5 Å². The molecule has 0 bridgehead atoms. The number of aryl methyl sites for hydroxylation is 2. The van der Waals surface area contributed by atoms with E-state index in [0.29, 0.717) is 5.92 Å². The third kappa shape index (κ3) is 2.76. The van der Waals surface area contributed by atoms with E-state index in [9.17, 15) is 0 Å². The van der Waals surface area contributed by atoms with Gasteiger partial charge in [-0.25, -0.2) is 15.0 Å². The van der Waals surface area contributed by atoms with Crippen LogP contribution in [0.4, 0.5) is 5.82 Å². The third-order valence-electron chi connectivity index (χ3n) is 3.52. The van der Waals surface area contributed by atoms with Crippen LogP contribution in [0, 0.1) is 13.8 Å². The number of anilines is 1. The van der Waals surface area contributed by atoms with Gasteiger partial charge in [0.2, 0.25) is 0 Å². The summed E-state index contributed by atoms with van der Waals surface area (Å²) in [6, 6.07) is 2.06. The van der Waals surface area contributed by atoms with Crippen molar-refractivity contribution in [2.45, 2.75) is 32.6 Å². The summed E-state index contributed by atoms with van der Waals surface area (Å²) in [6.45, 7) is 6.23. The van der Waals surface area contributed by atoms with Gasteiger partial charge in [-0.3, -0.25) is 0 Å². The summed E-state index contributed by atoms with van der Waals surface area (Å²) in [5, 5.41) is 1.27. The van der Waals surface area contributed by atoms with Gasteiger partial charge in [-0.1, -0.05) is 0 Å². The number of thiazole rings is 1. The molecule has 1 atom stereocenters. The standard InChI is InChI=1S/C14H18N4S/c1-10-6-13(17-9-16-10)18-5-3-4-12(8-18)14-15-7-11(2)19-14/h6-7,9,12H,3-5,8H2,1-2H3. The zero-order valence-electron chi connectivity index (χ0n) is 11.3. The molecule has 100 valence electrons. The fraction of sp³-hybridized carbons (Fsp3) is 0.500. The number of hydrogen-bond acceptors (Lipinski definition) is 5. The lowest BCUT2D eigenvalue weighted by Crippen LogP contribution is -2.35. The van der Waals surface area contributed by atoms with Gasteiger partial charge < -0.3 is 4.90 Å². The molecule has 4 nitrogen and oxygen atoms in total. The molecular formula is C14H18N4S. The van der Waals surface area contributed by atoms with E-state index in [1.54, 1.807) is 6.33 Å². The molecule has 1 aliphatic heterocycles. The number of nitrogens with zero attached hydrogens (tertiary/aromatic N) is 4. The summed E-state index contributed by atoms with van der Waals surface area (Å²) >= 11 is 1.82. The second-order valence-electron chi connectivity index (χ2n) is 5.11. The van der Waals surface area contributed by atoms with Crippen LogP contribution in [0.25, 0.3) is 0 Å². The highest BCUT2D eigenvalue weighted by molar-refractivity contribution is 7.11. The monoisotopic (exact) mass is 274 g/mol. The van der Waals surface area contributed by atoms with Crippen molar-refractivity contribution >= 4 is 17.2 Å². The van der Waals surface area contributed by atoms with Gasteiger partial charge in [-0.05, 0) is 26.7 Å². The van der Waals surface area contributed by atoms with Crippen molar-refractivity contribution in [2.24, 2.45) is 0 Å². The van der Waals surface area contributed by atoms with Gasteiger partial charge >= 0.3 is 0 Å². The van der Waals surface area contributed by atoms with Crippen LogP contribution in [0.5, 0.6) is 0 Å². The van der Waals surface area contributed by atoms with Crippen molar-refractivity contribution in [1.29, 1.82) is 0 Å². The first-order valence-electron chi connectivity index (χ1n) is 6.68. The van der Waals surface area contributed by atoms with Gasteiger partial charge in [0.15, 0.2) is 0 Å². The summed E-state index contributed by atoms with van der Waals surface area (Å²) in [5.41, 5.74) is 1.03. The third-order valence-corrected chi connectivity index (χ3v) is 4.60. The zero-order valence-corrected chi connectivity index (χ0v) is 12.2. The number of piperidine rings is 1. The molecule has 0 aliphatic carbocycles.